The molecule has 0 spiro atoms. The van der Waals surface area contributed by atoms with E-state index in [0.29, 0.717) is 0 Å². The van der Waals surface area contributed by atoms with Crippen molar-refractivity contribution in [3.8, 4) is 0 Å². The van der Waals surface area contributed by atoms with E-state index in [9.17, 15) is 23.3 Å². The lowest BCUT2D eigenvalue weighted by molar-refractivity contribution is -0.385. The first-order chi connectivity index (χ1) is 7.77. The number of hydrogen-bond donors (Lipinski definition) is 0. The van der Waals surface area contributed by atoms with E-state index >= 15 is 0 Å². The summed E-state index contributed by atoms with van der Waals surface area (Å²) in [4.78, 5) is 20.6. The molecule has 9 heteroatoms. The van der Waals surface area contributed by atoms with Crippen LogP contribution < -0.4 is 0 Å². The Bertz CT molecular complexity index is 582. The van der Waals surface area contributed by atoms with Crippen LogP contribution >= 0.6 is 11.9 Å². The predicted molar refractivity (Wildman–Crippen MR) is 57.5 cm³/mol. The summed E-state index contributed by atoms with van der Waals surface area (Å²) in [5.74, 6) is -1.13. The average Bonchev–Trinajstić information content (AvgIpc) is 2.25. The van der Waals surface area contributed by atoms with Crippen LogP contribution in [0.2, 0.25) is 0 Å². The Balaban J connectivity index is 3.48. The molecule has 0 atom stereocenters. The first kappa shape index (κ1) is 13.4. The third-order valence-electron chi connectivity index (χ3n) is 1.88. The normalized spacial score (nSPS) is 10.9. The van der Waals surface area contributed by atoms with Gasteiger partial charge in [-0.3, -0.25) is 10.1 Å². The maximum atomic E-state index is 11.2. The quantitative estimate of drug-likeness (QED) is 0.610. The Labute approximate surface area is 101 Å². The molecule has 17 heavy (non-hydrogen) atoms. The van der Waals surface area contributed by atoms with Crippen LogP contribution in [0.4, 0.5) is 5.69 Å². The van der Waals surface area contributed by atoms with E-state index in [0.717, 1.165) is 24.5 Å². The fourth-order valence-electron chi connectivity index (χ4n) is 1.11. The minimum Gasteiger partial charge on any atom is -0.343 e. The number of sulfone groups is 1. The van der Waals surface area contributed by atoms with E-state index in [4.69, 9.17) is 11.9 Å². The van der Waals surface area contributed by atoms with Crippen LogP contribution in [0.5, 0.6) is 0 Å². The molecule has 0 aliphatic carbocycles. The number of nitrogens with zero attached hydrogens (tertiary/aromatic N) is 1. The van der Waals surface area contributed by atoms with Crippen molar-refractivity contribution in [2.45, 2.75) is 4.90 Å². The van der Waals surface area contributed by atoms with Gasteiger partial charge in [-0.05, 0) is 12.1 Å². The zero-order chi connectivity index (χ0) is 13.2. The zero-order valence-corrected chi connectivity index (χ0v) is 9.99. The van der Waals surface area contributed by atoms with Crippen LogP contribution in [-0.4, -0.2) is 25.6 Å². The van der Waals surface area contributed by atoms with Gasteiger partial charge in [-0.25, -0.2) is 13.2 Å². The van der Waals surface area contributed by atoms with Crippen LogP contribution in [0.15, 0.2) is 23.1 Å². The second kappa shape index (κ2) is 4.68. The highest BCUT2D eigenvalue weighted by Gasteiger charge is 2.24. The Morgan fingerprint density at radius 1 is 1.47 bits per heavy atom. The van der Waals surface area contributed by atoms with E-state index < -0.39 is 32.0 Å². The minimum atomic E-state index is -3.60. The van der Waals surface area contributed by atoms with Gasteiger partial charge in [0.1, 0.15) is 17.4 Å². The number of nitro benzene ring substituents is 1. The fourth-order valence-corrected chi connectivity index (χ4v) is 1.83. The lowest BCUT2D eigenvalue weighted by atomic mass is 10.2. The van der Waals surface area contributed by atoms with Crippen molar-refractivity contribution in [1.29, 1.82) is 0 Å². The fraction of sp³-hybridized carbons (Fsp3) is 0.125. The van der Waals surface area contributed by atoms with Gasteiger partial charge in [-0.1, -0.05) is 0 Å². The molecule has 0 fully saturated rings. The molecule has 0 N–H and O–H groups in total. The summed E-state index contributed by atoms with van der Waals surface area (Å²) in [6.45, 7) is 0. The summed E-state index contributed by atoms with van der Waals surface area (Å²) >= 11 is 4.80. The van der Waals surface area contributed by atoms with E-state index in [1.807, 2.05) is 0 Å². The largest absolute Gasteiger partial charge is 0.363 e. The summed E-state index contributed by atoms with van der Waals surface area (Å²) in [5, 5.41) is 10.7. The van der Waals surface area contributed by atoms with Gasteiger partial charge in [0.15, 0.2) is 9.84 Å². The maximum Gasteiger partial charge on any atom is 0.363 e. The highest BCUT2D eigenvalue weighted by atomic mass is 35.5. The van der Waals surface area contributed by atoms with Crippen LogP contribution in [-0.2, 0) is 14.1 Å². The van der Waals surface area contributed by atoms with Crippen molar-refractivity contribution in [3.05, 3.63) is 33.9 Å². The molecule has 7 nitrogen and oxygen atoms in total. The van der Waals surface area contributed by atoms with Crippen molar-refractivity contribution in [1.82, 2.24) is 0 Å². The van der Waals surface area contributed by atoms with E-state index in [2.05, 4.69) is 4.29 Å². The zero-order valence-electron chi connectivity index (χ0n) is 8.41. The lowest BCUT2D eigenvalue weighted by Gasteiger charge is -2.02. The average molecular weight is 280 g/mol. The molecular weight excluding hydrogens is 274 g/mol. The summed E-state index contributed by atoms with van der Waals surface area (Å²) in [7, 11) is -3.60. The number of benzene rings is 1. The van der Waals surface area contributed by atoms with Crippen molar-refractivity contribution in [2.75, 3.05) is 6.26 Å². The summed E-state index contributed by atoms with van der Waals surface area (Å²) in [6.07, 6.45) is 0.894. The van der Waals surface area contributed by atoms with Crippen molar-refractivity contribution >= 4 is 33.4 Å². The molecule has 0 amide bonds. The number of carbonyl (C=O) groups excluding carboxylic acids is 1. The highest BCUT2D eigenvalue weighted by Crippen LogP contribution is 2.24. The van der Waals surface area contributed by atoms with E-state index in [1.54, 1.807) is 0 Å². The molecule has 0 aliphatic rings. The Morgan fingerprint density at radius 3 is 2.47 bits per heavy atom. The van der Waals surface area contributed by atoms with Gasteiger partial charge in [0.25, 0.3) is 5.69 Å². The Kier molecular flexibility index (Phi) is 3.69. The number of halogens is 1. The van der Waals surface area contributed by atoms with Gasteiger partial charge in [-0.15, -0.1) is 0 Å². The molecule has 92 valence electrons. The van der Waals surface area contributed by atoms with Crippen molar-refractivity contribution < 1.29 is 22.4 Å². The van der Waals surface area contributed by atoms with Gasteiger partial charge in [0, 0.05) is 12.3 Å². The monoisotopic (exact) mass is 279 g/mol. The van der Waals surface area contributed by atoms with Gasteiger partial charge >= 0.3 is 5.97 Å². The van der Waals surface area contributed by atoms with Crippen LogP contribution in [0.25, 0.3) is 0 Å². The summed E-state index contributed by atoms with van der Waals surface area (Å²) in [6, 6.07) is 2.81. The second-order valence-corrected chi connectivity index (χ2v) is 5.24. The molecular formula is C8H6ClNO6S. The Hall–Kier alpha value is -1.67. The van der Waals surface area contributed by atoms with Crippen LogP contribution in [0.3, 0.4) is 0 Å². The topological polar surface area (TPSA) is 104 Å². The SMILES string of the molecule is CS(=O)(=O)c1ccc(C(=O)OCl)c([N+](=O)[O-])c1. The third-order valence-corrected chi connectivity index (χ3v) is 3.13. The van der Waals surface area contributed by atoms with E-state index in [1.165, 1.54) is 0 Å². The van der Waals surface area contributed by atoms with Gasteiger partial charge < -0.3 is 4.29 Å². The first-order valence-corrected chi connectivity index (χ1v) is 6.29. The number of carbonyl (C=O) groups is 1. The summed E-state index contributed by atoms with van der Waals surface area (Å²) in [5.41, 5.74) is -1.10. The Morgan fingerprint density at radius 2 is 2.06 bits per heavy atom. The van der Waals surface area contributed by atoms with Gasteiger partial charge in [0.05, 0.1) is 9.82 Å². The first-order valence-electron chi connectivity index (χ1n) is 4.09. The molecule has 0 aromatic heterocycles. The van der Waals surface area contributed by atoms with E-state index in [-0.39, 0.29) is 4.90 Å². The second-order valence-electron chi connectivity index (χ2n) is 3.07. The molecule has 0 radical (unpaired) electrons. The minimum absolute atomic E-state index is 0.268. The molecule has 0 heterocycles. The molecule has 0 saturated carbocycles. The predicted octanol–water partition coefficient (Wildman–Crippen LogP) is 1.31. The van der Waals surface area contributed by atoms with Crippen molar-refractivity contribution in [3.63, 3.8) is 0 Å². The number of hydrogen-bond acceptors (Lipinski definition) is 6. The number of rotatable bonds is 3. The molecule has 0 bridgehead atoms. The third kappa shape index (κ3) is 2.92. The maximum absolute atomic E-state index is 11.2. The smallest absolute Gasteiger partial charge is 0.343 e. The molecule has 0 unspecified atom stereocenters. The molecule has 1 aromatic rings. The summed E-state index contributed by atoms with van der Waals surface area (Å²) < 4.78 is 26.2. The highest BCUT2D eigenvalue weighted by molar-refractivity contribution is 7.90. The van der Waals surface area contributed by atoms with Crippen LogP contribution in [0, 0.1) is 10.1 Å². The molecule has 1 rings (SSSR count). The standard InChI is InChI=1S/C8H6ClNO6S/c1-17(14,15)5-2-3-6(8(11)16-9)7(4-5)10(12)13/h2-4H,1H3. The molecule has 0 saturated heterocycles. The number of nitro groups is 1. The molecule has 1 aromatic carbocycles. The molecule has 0 aliphatic heterocycles. The lowest BCUT2D eigenvalue weighted by Crippen LogP contribution is -2.06. The van der Waals surface area contributed by atoms with Gasteiger partial charge in [-0.2, -0.15) is 0 Å². The van der Waals surface area contributed by atoms with Crippen LogP contribution in [0.1, 0.15) is 10.4 Å². The van der Waals surface area contributed by atoms with Gasteiger partial charge in [0.2, 0.25) is 0 Å². The van der Waals surface area contributed by atoms with Crippen molar-refractivity contribution in [2.24, 2.45) is 0 Å².